The van der Waals surface area contributed by atoms with E-state index in [0.29, 0.717) is 6.54 Å². The SMILES string of the molecule is O[C@H](CNCc1cccs1)COc1ccc(-c2noc3ccsc23)cc1. The average molecular weight is 386 g/mol. The van der Waals surface area contributed by atoms with E-state index in [4.69, 9.17) is 9.26 Å². The number of hydrogen-bond donors (Lipinski definition) is 2. The molecule has 26 heavy (non-hydrogen) atoms. The van der Waals surface area contributed by atoms with Crippen LogP contribution in [0.25, 0.3) is 21.5 Å². The second-order valence-corrected chi connectivity index (χ2v) is 7.79. The van der Waals surface area contributed by atoms with Crippen LogP contribution in [-0.2, 0) is 6.54 Å². The van der Waals surface area contributed by atoms with Gasteiger partial charge in [0.15, 0.2) is 5.58 Å². The molecule has 0 aliphatic heterocycles. The highest BCUT2D eigenvalue weighted by Gasteiger charge is 2.12. The van der Waals surface area contributed by atoms with E-state index in [-0.39, 0.29) is 6.61 Å². The lowest BCUT2D eigenvalue weighted by Gasteiger charge is -2.13. The number of hydrogen-bond acceptors (Lipinski definition) is 7. The van der Waals surface area contributed by atoms with Crippen molar-refractivity contribution in [3.05, 3.63) is 58.1 Å². The fourth-order valence-corrected chi connectivity index (χ4v) is 4.09. The summed E-state index contributed by atoms with van der Waals surface area (Å²) < 4.78 is 12.0. The molecule has 4 aromatic rings. The largest absolute Gasteiger partial charge is 0.491 e. The number of ether oxygens (including phenoxy) is 1. The summed E-state index contributed by atoms with van der Waals surface area (Å²) in [7, 11) is 0. The van der Waals surface area contributed by atoms with E-state index in [0.717, 1.165) is 33.8 Å². The van der Waals surface area contributed by atoms with Crippen molar-refractivity contribution in [3.8, 4) is 17.0 Å². The molecule has 134 valence electrons. The first-order chi connectivity index (χ1) is 12.8. The summed E-state index contributed by atoms with van der Waals surface area (Å²) in [5.74, 6) is 0.719. The van der Waals surface area contributed by atoms with Crippen molar-refractivity contribution < 1.29 is 14.4 Å². The molecule has 0 fully saturated rings. The van der Waals surface area contributed by atoms with Crippen molar-refractivity contribution in [2.24, 2.45) is 0 Å². The number of thiophene rings is 2. The molecule has 0 radical (unpaired) electrons. The van der Waals surface area contributed by atoms with Crippen LogP contribution in [0.15, 0.2) is 57.7 Å². The molecular formula is C19H18N2O3S2. The van der Waals surface area contributed by atoms with E-state index in [1.807, 2.05) is 47.2 Å². The zero-order valence-corrected chi connectivity index (χ0v) is 15.6. The number of benzene rings is 1. The van der Waals surface area contributed by atoms with Crippen molar-refractivity contribution in [3.63, 3.8) is 0 Å². The molecule has 0 saturated heterocycles. The highest BCUT2D eigenvalue weighted by molar-refractivity contribution is 7.17. The lowest BCUT2D eigenvalue weighted by Crippen LogP contribution is -2.30. The first kappa shape index (κ1) is 17.2. The Morgan fingerprint density at radius 3 is 2.81 bits per heavy atom. The first-order valence-corrected chi connectivity index (χ1v) is 10.0. The molecule has 0 spiro atoms. The van der Waals surface area contributed by atoms with Gasteiger partial charge in [-0.15, -0.1) is 22.7 Å². The Balaban J connectivity index is 1.28. The molecule has 0 bridgehead atoms. The molecule has 0 aliphatic rings. The van der Waals surface area contributed by atoms with Crippen LogP contribution in [0.2, 0.25) is 0 Å². The topological polar surface area (TPSA) is 67.5 Å². The third kappa shape index (κ3) is 3.96. The molecule has 1 atom stereocenters. The summed E-state index contributed by atoms with van der Waals surface area (Å²) in [5.41, 5.74) is 2.64. The van der Waals surface area contributed by atoms with Crippen molar-refractivity contribution in [1.29, 1.82) is 0 Å². The minimum Gasteiger partial charge on any atom is -0.491 e. The summed E-state index contributed by atoms with van der Waals surface area (Å²) in [4.78, 5) is 1.25. The Bertz CT molecular complexity index is 945. The fourth-order valence-electron chi connectivity index (χ4n) is 2.60. The van der Waals surface area contributed by atoms with E-state index in [2.05, 4.69) is 16.5 Å². The summed E-state index contributed by atoms with van der Waals surface area (Å²) in [6.45, 7) is 1.50. The minimum atomic E-state index is -0.559. The van der Waals surface area contributed by atoms with Crippen LogP contribution >= 0.6 is 22.7 Å². The van der Waals surface area contributed by atoms with Crippen LogP contribution in [0.4, 0.5) is 0 Å². The second-order valence-electron chi connectivity index (χ2n) is 5.84. The molecule has 0 unspecified atom stereocenters. The van der Waals surface area contributed by atoms with Gasteiger partial charge in [-0.25, -0.2) is 0 Å². The molecule has 2 N–H and O–H groups in total. The number of nitrogens with one attached hydrogen (secondary N) is 1. The molecule has 4 rings (SSSR count). The van der Waals surface area contributed by atoms with Gasteiger partial charge in [-0.3, -0.25) is 0 Å². The molecule has 5 nitrogen and oxygen atoms in total. The van der Waals surface area contributed by atoms with Gasteiger partial charge in [0.25, 0.3) is 0 Å². The lowest BCUT2D eigenvalue weighted by atomic mass is 10.1. The van der Waals surface area contributed by atoms with E-state index in [1.165, 1.54) is 4.88 Å². The van der Waals surface area contributed by atoms with Gasteiger partial charge in [-0.2, -0.15) is 0 Å². The number of rotatable bonds is 8. The molecular weight excluding hydrogens is 368 g/mol. The molecule has 3 heterocycles. The molecule has 0 saturated carbocycles. The molecule has 1 aromatic carbocycles. The van der Waals surface area contributed by atoms with Crippen LogP contribution in [0.1, 0.15) is 4.88 Å². The number of aliphatic hydroxyl groups excluding tert-OH is 1. The predicted molar refractivity (Wildman–Crippen MR) is 105 cm³/mol. The average Bonchev–Trinajstić information content (AvgIpc) is 3.39. The minimum absolute atomic E-state index is 0.246. The third-order valence-electron chi connectivity index (χ3n) is 3.91. The Morgan fingerprint density at radius 1 is 1.12 bits per heavy atom. The van der Waals surface area contributed by atoms with Gasteiger partial charge in [0.05, 0.1) is 0 Å². The molecule has 0 amide bonds. The summed E-state index contributed by atoms with van der Waals surface area (Å²) >= 11 is 3.31. The van der Waals surface area contributed by atoms with Crippen LogP contribution < -0.4 is 10.1 Å². The Morgan fingerprint density at radius 2 is 2.00 bits per heavy atom. The summed E-state index contributed by atoms with van der Waals surface area (Å²) in [6.07, 6.45) is -0.559. The van der Waals surface area contributed by atoms with E-state index in [9.17, 15) is 5.11 Å². The molecule has 0 aliphatic carbocycles. The first-order valence-electron chi connectivity index (χ1n) is 8.27. The highest BCUT2D eigenvalue weighted by atomic mass is 32.1. The predicted octanol–water partition coefficient (Wildman–Crippen LogP) is 4.15. The molecule has 3 aromatic heterocycles. The smallest absolute Gasteiger partial charge is 0.178 e. The van der Waals surface area contributed by atoms with Crippen LogP contribution in [-0.4, -0.2) is 29.5 Å². The van der Waals surface area contributed by atoms with Gasteiger partial charge in [0.1, 0.15) is 28.9 Å². The van der Waals surface area contributed by atoms with E-state index in [1.54, 1.807) is 22.7 Å². The van der Waals surface area contributed by atoms with Gasteiger partial charge >= 0.3 is 0 Å². The van der Waals surface area contributed by atoms with Crippen molar-refractivity contribution in [2.45, 2.75) is 12.6 Å². The highest BCUT2D eigenvalue weighted by Crippen LogP contribution is 2.32. The number of aliphatic hydroxyl groups is 1. The Labute approximate surface area is 158 Å². The maximum absolute atomic E-state index is 10.0. The number of nitrogens with zero attached hydrogens (tertiary/aromatic N) is 1. The van der Waals surface area contributed by atoms with Gasteiger partial charge in [-0.1, -0.05) is 11.2 Å². The lowest BCUT2D eigenvalue weighted by molar-refractivity contribution is 0.106. The normalized spacial score (nSPS) is 12.5. The van der Waals surface area contributed by atoms with Gasteiger partial charge < -0.3 is 19.7 Å². The maximum Gasteiger partial charge on any atom is 0.178 e. The fraction of sp³-hybridized carbons (Fsp3) is 0.211. The Hall–Kier alpha value is -2.19. The zero-order valence-electron chi connectivity index (χ0n) is 13.9. The van der Waals surface area contributed by atoms with Gasteiger partial charge in [0.2, 0.25) is 0 Å². The van der Waals surface area contributed by atoms with Crippen LogP contribution in [0, 0.1) is 0 Å². The second kappa shape index (κ2) is 8.01. The summed E-state index contributed by atoms with van der Waals surface area (Å²) in [6, 6.07) is 13.7. The monoisotopic (exact) mass is 386 g/mol. The maximum atomic E-state index is 10.0. The third-order valence-corrected chi connectivity index (χ3v) is 5.69. The number of aromatic nitrogens is 1. The van der Waals surface area contributed by atoms with E-state index >= 15 is 0 Å². The number of fused-ring (bicyclic) bond motifs is 1. The van der Waals surface area contributed by atoms with Crippen molar-refractivity contribution in [1.82, 2.24) is 10.5 Å². The molecule has 7 heteroatoms. The van der Waals surface area contributed by atoms with Crippen molar-refractivity contribution >= 4 is 33.0 Å². The van der Waals surface area contributed by atoms with Gasteiger partial charge in [0, 0.05) is 23.5 Å². The van der Waals surface area contributed by atoms with Gasteiger partial charge in [-0.05, 0) is 47.2 Å². The van der Waals surface area contributed by atoms with Crippen molar-refractivity contribution in [2.75, 3.05) is 13.2 Å². The van der Waals surface area contributed by atoms with E-state index < -0.39 is 6.10 Å². The zero-order chi connectivity index (χ0) is 17.8. The summed E-state index contributed by atoms with van der Waals surface area (Å²) in [5, 5.41) is 21.4. The quantitative estimate of drug-likeness (QED) is 0.476. The van der Waals surface area contributed by atoms with Crippen LogP contribution in [0.3, 0.4) is 0 Å². The Kier molecular flexibility index (Phi) is 5.31. The van der Waals surface area contributed by atoms with Crippen LogP contribution in [0.5, 0.6) is 5.75 Å². The standard InChI is InChI=1S/C19H18N2O3S2/c22-14(10-20-11-16-2-1-8-25-16)12-23-15-5-3-13(4-6-15)18-19-17(24-21-18)7-9-26-19/h1-9,14,20,22H,10-12H2/t14-/m1/s1.